The number of nitrogens with zero attached hydrogens (tertiary/aromatic N) is 2. The number of hydrogen-bond donors (Lipinski definition) is 0. The molecule has 0 aromatic heterocycles. The Bertz CT molecular complexity index is 835. The molecule has 4 heteroatoms. The van der Waals surface area contributed by atoms with Gasteiger partial charge in [-0.2, -0.15) is 0 Å². The van der Waals surface area contributed by atoms with E-state index >= 15 is 0 Å². The first kappa shape index (κ1) is 17.2. The Morgan fingerprint density at radius 3 is 2.77 bits per heavy atom. The molecule has 2 aromatic rings. The van der Waals surface area contributed by atoms with Crippen LogP contribution in [0.5, 0.6) is 0 Å². The lowest BCUT2D eigenvalue weighted by molar-refractivity contribution is 0.0773. The fraction of sp³-hybridized carbons (Fsp3) is 0.409. The van der Waals surface area contributed by atoms with Crippen LogP contribution in [0, 0.1) is 18.7 Å². The van der Waals surface area contributed by atoms with Gasteiger partial charge in [0, 0.05) is 24.7 Å². The van der Waals surface area contributed by atoms with Crippen LogP contribution in [0.4, 0.5) is 4.39 Å². The fourth-order valence-corrected chi connectivity index (χ4v) is 4.36. The van der Waals surface area contributed by atoms with Crippen LogP contribution in [0.25, 0.3) is 0 Å². The maximum Gasteiger partial charge on any atom is 0.254 e. The molecule has 0 bridgehead atoms. The van der Waals surface area contributed by atoms with Crippen molar-refractivity contribution >= 4 is 5.91 Å². The second kappa shape index (κ2) is 6.84. The molecule has 1 amide bonds. The van der Waals surface area contributed by atoms with Crippen molar-refractivity contribution in [1.29, 1.82) is 0 Å². The average Bonchev–Trinajstić information content (AvgIpc) is 3.20. The largest absolute Gasteiger partial charge is 0.337 e. The zero-order valence-corrected chi connectivity index (χ0v) is 15.4. The first-order valence-corrected chi connectivity index (χ1v) is 9.35. The van der Waals surface area contributed by atoms with Gasteiger partial charge in [-0.1, -0.05) is 30.3 Å². The summed E-state index contributed by atoms with van der Waals surface area (Å²) in [5.41, 5.74) is 3.25. The van der Waals surface area contributed by atoms with Crippen LogP contribution in [0.1, 0.15) is 33.5 Å². The summed E-state index contributed by atoms with van der Waals surface area (Å²) in [7, 11) is 2.15. The molecule has 136 valence electrons. The molecule has 2 aromatic carbocycles. The number of hydrogen-bond acceptors (Lipinski definition) is 2. The molecule has 2 aliphatic heterocycles. The van der Waals surface area contributed by atoms with E-state index < -0.39 is 0 Å². The summed E-state index contributed by atoms with van der Waals surface area (Å²) in [6.07, 6.45) is 1.74. The number of amides is 1. The van der Waals surface area contributed by atoms with Crippen LogP contribution in [0.3, 0.4) is 0 Å². The van der Waals surface area contributed by atoms with Crippen LogP contribution >= 0.6 is 0 Å². The van der Waals surface area contributed by atoms with Gasteiger partial charge in [0.1, 0.15) is 5.82 Å². The number of aryl methyl sites for hydroxylation is 1. The Hall–Kier alpha value is -2.20. The third-order valence-corrected chi connectivity index (χ3v) is 5.99. The van der Waals surface area contributed by atoms with Crippen molar-refractivity contribution in [3.05, 3.63) is 70.5 Å². The third kappa shape index (κ3) is 3.14. The third-order valence-electron chi connectivity index (χ3n) is 5.99. The Morgan fingerprint density at radius 1 is 1.19 bits per heavy atom. The average molecular weight is 352 g/mol. The van der Waals surface area contributed by atoms with E-state index in [1.54, 1.807) is 19.1 Å². The van der Waals surface area contributed by atoms with Gasteiger partial charge in [-0.05, 0) is 68.1 Å². The summed E-state index contributed by atoms with van der Waals surface area (Å²) in [5.74, 6) is 0.514. The summed E-state index contributed by atoms with van der Waals surface area (Å²) in [4.78, 5) is 17.5. The number of likely N-dealkylation sites (N-methyl/N-ethyl adjacent to an activating group) is 1. The molecule has 0 unspecified atom stereocenters. The van der Waals surface area contributed by atoms with E-state index in [1.807, 2.05) is 35.2 Å². The van der Waals surface area contributed by atoms with Crippen LogP contribution < -0.4 is 0 Å². The van der Waals surface area contributed by atoms with Gasteiger partial charge in [-0.3, -0.25) is 4.79 Å². The lowest BCUT2D eigenvalue weighted by Gasteiger charge is -2.22. The number of carbonyl (C=O) groups is 1. The van der Waals surface area contributed by atoms with Gasteiger partial charge >= 0.3 is 0 Å². The number of fused-ring (bicyclic) bond motifs is 1. The minimum Gasteiger partial charge on any atom is -0.337 e. The van der Waals surface area contributed by atoms with Crippen LogP contribution in [0.15, 0.2) is 42.5 Å². The molecule has 0 aliphatic carbocycles. The van der Waals surface area contributed by atoms with Crippen LogP contribution in [-0.2, 0) is 6.42 Å². The van der Waals surface area contributed by atoms with Crippen LogP contribution in [-0.4, -0.2) is 48.4 Å². The normalized spacial score (nSPS) is 22.7. The van der Waals surface area contributed by atoms with E-state index in [-0.39, 0.29) is 11.7 Å². The molecular formula is C22H25FN2O. The summed E-state index contributed by atoms with van der Waals surface area (Å²) in [5, 5.41) is 0. The van der Waals surface area contributed by atoms with Gasteiger partial charge in [-0.15, -0.1) is 0 Å². The van der Waals surface area contributed by atoms with Gasteiger partial charge in [-0.25, -0.2) is 4.39 Å². The highest BCUT2D eigenvalue weighted by molar-refractivity contribution is 5.96. The molecule has 2 heterocycles. The summed E-state index contributed by atoms with van der Waals surface area (Å²) in [6.45, 7) is 4.56. The number of benzene rings is 2. The zero-order chi connectivity index (χ0) is 18.3. The SMILES string of the molecule is Cc1ccc(Cc2ccccc2C(=O)N2C[C@H]3CCN(C)[C@H]3C2)cc1F. The van der Waals surface area contributed by atoms with E-state index in [0.29, 0.717) is 23.9 Å². The molecular weight excluding hydrogens is 327 g/mol. The molecule has 0 radical (unpaired) electrons. The second-order valence-corrected chi connectivity index (χ2v) is 7.72. The van der Waals surface area contributed by atoms with Crippen LogP contribution in [0.2, 0.25) is 0 Å². The number of likely N-dealkylation sites (tertiary alicyclic amines) is 2. The molecule has 0 spiro atoms. The van der Waals surface area contributed by atoms with Crippen molar-refractivity contribution in [2.45, 2.75) is 25.8 Å². The fourth-order valence-electron chi connectivity index (χ4n) is 4.36. The van der Waals surface area contributed by atoms with Crippen molar-refractivity contribution in [2.24, 2.45) is 5.92 Å². The Labute approximate surface area is 154 Å². The maximum absolute atomic E-state index is 13.9. The van der Waals surface area contributed by atoms with Crippen molar-refractivity contribution < 1.29 is 9.18 Å². The van der Waals surface area contributed by atoms with E-state index in [0.717, 1.165) is 36.3 Å². The van der Waals surface area contributed by atoms with Gasteiger partial charge < -0.3 is 9.80 Å². The van der Waals surface area contributed by atoms with Crippen molar-refractivity contribution in [2.75, 3.05) is 26.7 Å². The minimum absolute atomic E-state index is 0.107. The zero-order valence-electron chi connectivity index (χ0n) is 15.4. The molecule has 26 heavy (non-hydrogen) atoms. The predicted molar refractivity (Wildman–Crippen MR) is 101 cm³/mol. The van der Waals surface area contributed by atoms with Crippen molar-refractivity contribution in [3.8, 4) is 0 Å². The van der Waals surface area contributed by atoms with Crippen molar-refractivity contribution in [3.63, 3.8) is 0 Å². The minimum atomic E-state index is -0.193. The van der Waals surface area contributed by atoms with Gasteiger partial charge in [0.15, 0.2) is 0 Å². The molecule has 3 nitrogen and oxygen atoms in total. The number of rotatable bonds is 3. The maximum atomic E-state index is 13.9. The molecule has 2 saturated heterocycles. The molecule has 0 N–H and O–H groups in total. The first-order chi connectivity index (χ1) is 12.5. The summed E-state index contributed by atoms with van der Waals surface area (Å²) in [6, 6.07) is 13.6. The molecule has 2 aliphatic rings. The Balaban J connectivity index is 1.56. The number of carbonyl (C=O) groups excluding carboxylic acids is 1. The topological polar surface area (TPSA) is 23.6 Å². The van der Waals surface area contributed by atoms with E-state index in [1.165, 1.54) is 6.42 Å². The van der Waals surface area contributed by atoms with Crippen molar-refractivity contribution in [1.82, 2.24) is 9.80 Å². The van der Waals surface area contributed by atoms with E-state index in [9.17, 15) is 9.18 Å². The van der Waals surface area contributed by atoms with Gasteiger partial charge in [0.25, 0.3) is 5.91 Å². The highest BCUT2D eigenvalue weighted by atomic mass is 19.1. The first-order valence-electron chi connectivity index (χ1n) is 9.35. The van der Waals surface area contributed by atoms with E-state index in [4.69, 9.17) is 0 Å². The van der Waals surface area contributed by atoms with Gasteiger partial charge in [0.2, 0.25) is 0 Å². The molecule has 4 rings (SSSR count). The monoisotopic (exact) mass is 352 g/mol. The van der Waals surface area contributed by atoms with E-state index in [2.05, 4.69) is 11.9 Å². The molecule has 0 saturated carbocycles. The standard InChI is InChI=1S/C22H25FN2O/c1-15-7-8-16(12-20(15)23)11-17-5-3-4-6-19(17)22(26)25-13-18-9-10-24(2)21(18)14-25/h3-8,12,18,21H,9-11,13-14H2,1-2H3/t18-,21+/m1/s1. The second-order valence-electron chi connectivity index (χ2n) is 7.72. The highest BCUT2D eigenvalue weighted by Gasteiger charge is 2.41. The summed E-state index contributed by atoms with van der Waals surface area (Å²) < 4.78 is 13.9. The molecule has 2 fully saturated rings. The summed E-state index contributed by atoms with van der Waals surface area (Å²) >= 11 is 0. The smallest absolute Gasteiger partial charge is 0.254 e. The lowest BCUT2D eigenvalue weighted by Crippen LogP contribution is -2.35. The molecule has 2 atom stereocenters. The lowest BCUT2D eigenvalue weighted by atomic mass is 9.98. The Kier molecular flexibility index (Phi) is 4.53. The Morgan fingerprint density at radius 2 is 2.00 bits per heavy atom. The highest BCUT2D eigenvalue weighted by Crippen LogP contribution is 2.31. The van der Waals surface area contributed by atoms with Gasteiger partial charge in [0.05, 0.1) is 0 Å². The quantitative estimate of drug-likeness (QED) is 0.844. The predicted octanol–water partition coefficient (Wildman–Crippen LogP) is 3.50. The number of halogens is 1.